The number of rotatable bonds is 7. The predicted molar refractivity (Wildman–Crippen MR) is 139 cm³/mol. The molecule has 1 saturated heterocycles. The van der Waals surface area contributed by atoms with E-state index in [9.17, 15) is 4.39 Å². The summed E-state index contributed by atoms with van der Waals surface area (Å²) in [6, 6.07) is 7.14. The van der Waals surface area contributed by atoms with Crippen molar-refractivity contribution in [3.05, 3.63) is 52.6 Å². The first-order chi connectivity index (χ1) is 14.8. The largest absolute Gasteiger partial charge is 0.381 e. The molecule has 0 saturated carbocycles. The van der Waals surface area contributed by atoms with Crippen LogP contribution >= 0.6 is 24.0 Å². The summed E-state index contributed by atoms with van der Waals surface area (Å²) in [5.74, 6) is 0.588. The Kier molecular flexibility index (Phi) is 9.94. The Labute approximate surface area is 208 Å². The fourth-order valence-electron chi connectivity index (χ4n) is 4.37. The number of halogens is 2. The van der Waals surface area contributed by atoms with E-state index in [0.717, 1.165) is 43.0 Å². The maximum Gasteiger partial charge on any atom is 0.191 e. The summed E-state index contributed by atoms with van der Waals surface area (Å²) in [6.45, 7) is 11.1. The number of aryl methyl sites for hydroxylation is 2. The summed E-state index contributed by atoms with van der Waals surface area (Å²) in [7, 11) is 1.98. The minimum Gasteiger partial charge on any atom is -0.381 e. The van der Waals surface area contributed by atoms with Crippen molar-refractivity contribution in [1.29, 1.82) is 0 Å². The van der Waals surface area contributed by atoms with Gasteiger partial charge in [0.25, 0.3) is 0 Å². The van der Waals surface area contributed by atoms with E-state index in [4.69, 9.17) is 9.73 Å². The van der Waals surface area contributed by atoms with Crippen LogP contribution in [0.4, 0.5) is 4.39 Å². The molecule has 1 aliphatic rings. The maximum absolute atomic E-state index is 14.0. The van der Waals surface area contributed by atoms with Gasteiger partial charge in [0.2, 0.25) is 0 Å². The van der Waals surface area contributed by atoms with Crippen molar-refractivity contribution in [3.63, 3.8) is 0 Å². The monoisotopic (exact) mass is 557 g/mol. The molecule has 0 bridgehead atoms. The van der Waals surface area contributed by atoms with Crippen LogP contribution < -0.4 is 10.6 Å². The summed E-state index contributed by atoms with van der Waals surface area (Å²) in [6.07, 6.45) is 2.55. The standard InChI is InChI=1S/C24H36FN5O.HI/c1-6-26-23(28-17(2)14-22-18(3)29-30(5)19(22)4)27-16-24(10-12-31-13-11-24)20-8-7-9-21(25)15-20;/h7-9,15,17H,6,10-14,16H2,1-5H3,(H2,26,27,28);1H. The number of guanidine groups is 1. The third-order valence-electron chi connectivity index (χ3n) is 6.32. The second-order valence-corrected chi connectivity index (χ2v) is 8.62. The minimum absolute atomic E-state index is 0. The molecule has 0 spiro atoms. The van der Waals surface area contributed by atoms with Gasteiger partial charge in [-0.25, -0.2) is 4.39 Å². The predicted octanol–water partition coefficient (Wildman–Crippen LogP) is 4.03. The molecule has 1 aliphatic heterocycles. The number of nitrogens with one attached hydrogen (secondary N) is 2. The molecule has 2 aromatic rings. The average molecular weight is 557 g/mol. The normalized spacial score (nSPS) is 16.9. The van der Waals surface area contributed by atoms with Crippen LogP contribution in [0.5, 0.6) is 0 Å². The van der Waals surface area contributed by atoms with Crippen molar-refractivity contribution < 1.29 is 9.13 Å². The first-order valence-corrected chi connectivity index (χ1v) is 11.2. The van der Waals surface area contributed by atoms with E-state index < -0.39 is 0 Å². The van der Waals surface area contributed by atoms with Gasteiger partial charge in [0.1, 0.15) is 5.82 Å². The second-order valence-electron chi connectivity index (χ2n) is 8.62. The molecule has 2 heterocycles. The van der Waals surface area contributed by atoms with E-state index in [1.165, 1.54) is 17.3 Å². The molecule has 1 fully saturated rings. The van der Waals surface area contributed by atoms with Crippen LogP contribution in [0.15, 0.2) is 29.3 Å². The van der Waals surface area contributed by atoms with Gasteiger partial charge in [0, 0.05) is 44.0 Å². The molecular weight excluding hydrogens is 520 g/mol. The molecule has 0 radical (unpaired) electrons. The van der Waals surface area contributed by atoms with Gasteiger partial charge in [-0.05, 0) is 70.2 Å². The molecule has 32 heavy (non-hydrogen) atoms. The summed E-state index contributed by atoms with van der Waals surface area (Å²) < 4.78 is 21.5. The first-order valence-electron chi connectivity index (χ1n) is 11.2. The average Bonchev–Trinajstić information content (AvgIpc) is 2.99. The Morgan fingerprint density at radius 1 is 1.31 bits per heavy atom. The van der Waals surface area contributed by atoms with Crippen LogP contribution in [0.1, 0.15) is 49.2 Å². The Morgan fingerprint density at radius 2 is 2.03 bits per heavy atom. The summed E-state index contributed by atoms with van der Waals surface area (Å²) in [5, 5.41) is 11.4. The Balaban J connectivity index is 0.00000363. The number of hydrogen-bond donors (Lipinski definition) is 2. The molecule has 3 rings (SSSR count). The van der Waals surface area contributed by atoms with Crippen molar-refractivity contribution in [3.8, 4) is 0 Å². The lowest BCUT2D eigenvalue weighted by atomic mass is 9.74. The van der Waals surface area contributed by atoms with Crippen LogP contribution in [0.25, 0.3) is 0 Å². The molecule has 0 aliphatic carbocycles. The highest BCUT2D eigenvalue weighted by molar-refractivity contribution is 14.0. The summed E-state index contributed by atoms with van der Waals surface area (Å²) >= 11 is 0. The Morgan fingerprint density at radius 3 is 2.62 bits per heavy atom. The lowest BCUT2D eigenvalue weighted by Gasteiger charge is -2.36. The number of aromatic nitrogens is 2. The molecule has 178 valence electrons. The fourth-order valence-corrected chi connectivity index (χ4v) is 4.37. The lowest BCUT2D eigenvalue weighted by molar-refractivity contribution is 0.0530. The molecule has 1 aromatic heterocycles. The topological polar surface area (TPSA) is 63.5 Å². The highest BCUT2D eigenvalue weighted by atomic mass is 127. The maximum atomic E-state index is 14.0. The zero-order valence-corrected chi connectivity index (χ0v) is 22.2. The van der Waals surface area contributed by atoms with Crippen molar-refractivity contribution in [1.82, 2.24) is 20.4 Å². The van der Waals surface area contributed by atoms with Gasteiger partial charge in [-0.1, -0.05) is 12.1 Å². The fraction of sp³-hybridized carbons (Fsp3) is 0.583. The van der Waals surface area contributed by atoms with Crippen LogP contribution in [-0.4, -0.2) is 48.1 Å². The van der Waals surface area contributed by atoms with E-state index in [1.54, 1.807) is 12.1 Å². The third kappa shape index (κ3) is 6.43. The molecule has 1 unspecified atom stereocenters. The number of aliphatic imine (C=N–C) groups is 1. The number of hydrogen-bond acceptors (Lipinski definition) is 3. The zero-order valence-electron chi connectivity index (χ0n) is 19.9. The van der Waals surface area contributed by atoms with E-state index in [1.807, 2.05) is 17.8 Å². The van der Waals surface area contributed by atoms with E-state index in [-0.39, 0.29) is 41.3 Å². The number of ether oxygens (including phenoxy) is 1. The molecule has 2 N–H and O–H groups in total. The van der Waals surface area contributed by atoms with E-state index >= 15 is 0 Å². The number of nitrogens with zero attached hydrogens (tertiary/aromatic N) is 3. The number of benzene rings is 1. The molecule has 6 nitrogen and oxygen atoms in total. The van der Waals surface area contributed by atoms with Gasteiger partial charge in [0.15, 0.2) is 5.96 Å². The molecule has 1 aromatic carbocycles. The zero-order chi connectivity index (χ0) is 22.4. The highest BCUT2D eigenvalue weighted by Gasteiger charge is 2.34. The Bertz CT molecular complexity index is 908. The lowest BCUT2D eigenvalue weighted by Crippen LogP contribution is -2.45. The van der Waals surface area contributed by atoms with Crippen molar-refractivity contribution in [2.75, 3.05) is 26.3 Å². The van der Waals surface area contributed by atoms with Crippen molar-refractivity contribution in [2.24, 2.45) is 12.0 Å². The molecule has 0 amide bonds. The third-order valence-corrected chi connectivity index (χ3v) is 6.32. The van der Waals surface area contributed by atoms with Crippen molar-refractivity contribution in [2.45, 2.75) is 58.4 Å². The SMILES string of the molecule is CCNC(=NCC1(c2cccc(F)c2)CCOCC1)NC(C)Cc1c(C)nn(C)c1C.I. The van der Waals surface area contributed by atoms with Crippen LogP contribution in [-0.2, 0) is 23.6 Å². The minimum atomic E-state index is -0.206. The van der Waals surface area contributed by atoms with Gasteiger partial charge >= 0.3 is 0 Å². The molecule has 8 heteroatoms. The van der Waals surface area contributed by atoms with Gasteiger partial charge in [-0.3, -0.25) is 9.67 Å². The Hall–Kier alpha value is -1.68. The smallest absolute Gasteiger partial charge is 0.191 e. The van der Waals surface area contributed by atoms with Crippen molar-refractivity contribution >= 4 is 29.9 Å². The molecule has 1 atom stereocenters. The molecular formula is C24H37FIN5O. The highest BCUT2D eigenvalue weighted by Crippen LogP contribution is 2.35. The van der Waals surface area contributed by atoms with Gasteiger partial charge in [0.05, 0.1) is 12.2 Å². The summed E-state index contributed by atoms with van der Waals surface area (Å²) in [4.78, 5) is 4.94. The van der Waals surface area contributed by atoms with Crippen LogP contribution in [0, 0.1) is 19.7 Å². The van der Waals surface area contributed by atoms with E-state index in [0.29, 0.717) is 19.8 Å². The second kappa shape index (κ2) is 12.0. The first kappa shape index (κ1) is 26.6. The van der Waals surface area contributed by atoms with Gasteiger partial charge in [-0.2, -0.15) is 5.10 Å². The van der Waals surface area contributed by atoms with Gasteiger partial charge < -0.3 is 15.4 Å². The quantitative estimate of drug-likeness (QED) is 0.307. The van der Waals surface area contributed by atoms with E-state index in [2.05, 4.69) is 43.4 Å². The van der Waals surface area contributed by atoms with Crippen LogP contribution in [0.3, 0.4) is 0 Å². The summed E-state index contributed by atoms with van der Waals surface area (Å²) in [5.41, 5.74) is 4.34. The van der Waals surface area contributed by atoms with Crippen LogP contribution in [0.2, 0.25) is 0 Å². The van der Waals surface area contributed by atoms with Gasteiger partial charge in [-0.15, -0.1) is 24.0 Å².